The molecule has 2 unspecified atom stereocenters. The van der Waals surface area contributed by atoms with Gasteiger partial charge in [-0.2, -0.15) is 0 Å². The predicted molar refractivity (Wildman–Crippen MR) is 75.0 cm³/mol. The van der Waals surface area contributed by atoms with Gasteiger partial charge in [-0.25, -0.2) is 0 Å². The van der Waals surface area contributed by atoms with E-state index in [0.29, 0.717) is 11.7 Å². The molecule has 0 spiro atoms. The van der Waals surface area contributed by atoms with E-state index in [9.17, 15) is 4.79 Å². The van der Waals surface area contributed by atoms with Gasteiger partial charge in [-0.1, -0.05) is 0 Å². The first kappa shape index (κ1) is 14.1. The first-order valence-corrected chi connectivity index (χ1v) is 6.90. The van der Waals surface area contributed by atoms with E-state index >= 15 is 0 Å². The van der Waals surface area contributed by atoms with Crippen LogP contribution in [0.4, 0.5) is 0 Å². The third kappa shape index (κ3) is 3.35. The molecule has 0 N–H and O–H groups in total. The van der Waals surface area contributed by atoms with E-state index in [1.165, 1.54) is 0 Å². The number of aldehydes is 1. The van der Waals surface area contributed by atoms with Gasteiger partial charge in [-0.15, -0.1) is 0 Å². The maximum absolute atomic E-state index is 10.8. The van der Waals surface area contributed by atoms with Crippen LogP contribution in [0.5, 0.6) is 5.75 Å². The van der Waals surface area contributed by atoms with Crippen LogP contribution in [0, 0.1) is 13.8 Å². The van der Waals surface area contributed by atoms with Gasteiger partial charge >= 0.3 is 0 Å². The molecular formula is C16H22O3. The average Bonchev–Trinajstić information content (AvgIpc) is 2.42. The van der Waals surface area contributed by atoms with Gasteiger partial charge in [0.2, 0.25) is 0 Å². The fourth-order valence-corrected chi connectivity index (χ4v) is 2.83. The Morgan fingerprint density at radius 1 is 1.16 bits per heavy atom. The van der Waals surface area contributed by atoms with E-state index < -0.39 is 0 Å². The lowest BCUT2D eigenvalue weighted by atomic mass is 9.94. The number of benzene rings is 1. The summed E-state index contributed by atoms with van der Waals surface area (Å²) in [7, 11) is 1.77. The van der Waals surface area contributed by atoms with Crippen LogP contribution >= 0.6 is 0 Å². The Hall–Kier alpha value is -1.35. The highest BCUT2D eigenvalue weighted by molar-refractivity contribution is 5.76. The fourth-order valence-electron chi connectivity index (χ4n) is 2.83. The molecule has 2 rings (SSSR count). The lowest BCUT2D eigenvalue weighted by Gasteiger charge is -2.29. The Morgan fingerprint density at radius 3 is 2.37 bits per heavy atom. The molecule has 0 aromatic heterocycles. The summed E-state index contributed by atoms with van der Waals surface area (Å²) in [6, 6.07) is 3.76. The SMILES string of the molecule is COC1CCCC(Oc2c(C)cc(C=O)cc2C)C1. The van der Waals surface area contributed by atoms with E-state index in [2.05, 4.69) is 0 Å². The summed E-state index contributed by atoms with van der Waals surface area (Å²) in [4.78, 5) is 10.8. The quantitative estimate of drug-likeness (QED) is 0.780. The minimum Gasteiger partial charge on any atom is -0.490 e. The van der Waals surface area contributed by atoms with Crippen LogP contribution in [0.15, 0.2) is 12.1 Å². The van der Waals surface area contributed by atoms with E-state index in [1.54, 1.807) is 7.11 Å². The number of ether oxygens (including phenoxy) is 2. The monoisotopic (exact) mass is 262 g/mol. The van der Waals surface area contributed by atoms with Crippen molar-refractivity contribution in [2.24, 2.45) is 0 Å². The van der Waals surface area contributed by atoms with Crippen molar-refractivity contribution < 1.29 is 14.3 Å². The summed E-state index contributed by atoms with van der Waals surface area (Å²) in [5.41, 5.74) is 2.77. The number of hydrogen-bond donors (Lipinski definition) is 0. The van der Waals surface area contributed by atoms with Gasteiger partial charge in [0.15, 0.2) is 0 Å². The molecule has 104 valence electrons. The van der Waals surface area contributed by atoms with Crippen molar-refractivity contribution in [3.8, 4) is 5.75 Å². The van der Waals surface area contributed by atoms with Crippen molar-refractivity contribution in [2.45, 2.75) is 51.7 Å². The molecule has 1 aromatic carbocycles. The van der Waals surface area contributed by atoms with Crippen molar-refractivity contribution in [3.63, 3.8) is 0 Å². The molecule has 3 heteroatoms. The van der Waals surface area contributed by atoms with Gasteiger partial charge in [-0.3, -0.25) is 4.79 Å². The van der Waals surface area contributed by atoms with Gasteiger partial charge in [0, 0.05) is 19.1 Å². The van der Waals surface area contributed by atoms with Crippen LogP contribution in [-0.2, 0) is 4.74 Å². The summed E-state index contributed by atoms with van der Waals surface area (Å²) in [6.45, 7) is 3.98. The first-order chi connectivity index (χ1) is 9.13. The van der Waals surface area contributed by atoms with Crippen LogP contribution in [0.1, 0.15) is 47.2 Å². The Bertz CT molecular complexity index is 430. The molecule has 0 heterocycles. The summed E-state index contributed by atoms with van der Waals surface area (Å²) < 4.78 is 11.6. The number of aryl methyl sites for hydroxylation is 2. The molecule has 0 amide bonds. The molecule has 0 bridgehead atoms. The highest BCUT2D eigenvalue weighted by Gasteiger charge is 2.24. The molecular weight excluding hydrogens is 240 g/mol. The number of carbonyl (C=O) groups excluding carboxylic acids is 1. The van der Waals surface area contributed by atoms with Crippen molar-refractivity contribution in [3.05, 3.63) is 28.8 Å². The molecule has 0 aliphatic heterocycles. The molecule has 0 saturated heterocycles. The number of rotatable bonds is 4. The molecule has 1 aliphatic carbocycles. The van der Waals surface area contributed by atoms with E-state index in [0.717, 1.165) is 48.8 Å². The Balaban J connectivity index is 2.12. The average molecular weight is 262 g/mol. The van der Waals surface area contributed by atoms with Crippen molar-refractivity contribution in [1.82, 2.24) is 0 Å². The second-order valence-electron chi connectivity index (χ2n) is 5.37. The maximum Gasteiger partial charge on any atom is 0.150 e. The Labute approximate surface area is 114 Å². The molecule has 19 heavy (non-hydrogen) atoms. The maximum atomic E-state index is 10.8. The van der Waals surface area contributed by atoms with E-state index in [1.807, 2.05) is 26.0 Å². The molecule has 1 saturated carbocycles. The van der Waals surface area contributed by atoms with Gasteiger partial charge in [0.25, 0.3) is 0 Å². The van der Waals surface area contributed by atoms with Crippen molar-refractivity contribution >= 4 is 6.29 Å². The minimum absolute atomic E-state index is 0.221. The van der Waals surface area contributed by atoms with Gasteiger partial charge in [-0.05, 0) is 56.4 Å². The van der Waals surface area contributed by atoms with Gasteiger partial charge in [0.05, 0.1) is 6.10 Å². The molecule has 2 atom stereocenters. The summed E-state index contributed by atoms with van der Waals surface area (Å²) in [5, 5.41) is 0. The number of methoxy groups -OCH3 is 1. The van der Waals surface area contributed by atoms with Crippen molar-refractivity contribution in [1.29, 1.82) is 0 Å². The topological polar surface area (TPSA) is 35.5 Å². The summed E-state index contributed by atoms with van der Waals surface area (Å²) >= 11 is 0. The summed E-state index contributed by atoms with van der Waals surface area (Å²) in [5.74, 6) is 0.923. The molecule has 3 nitrogen and oxygen atoms in total. The highest BCUT2D eigenvalue weighted by atomic mass is 16.5. The van der Waals surface area contributed by atoms with E-state index in [4.69, 9.17) is 9.47 Å². The van der Waals surface area contributed by atoms with Crippen LogP contribution in [0.3, 0.4) is 0 Å². The Kier molecular flexibility index (Phi) is 4.59. The third-order valence-corrected chi connectivity index (χ3v) is 3.81. The standard InChI is InChI=1S/C16H22O3/c1-11-7-13(10-17)8-12(2)16(11)19-15-6-4-5-14(9-15)18-3/h7-8,10,14-15H,4-6,9H2,1-3H3. The van der Waals surface area contributed by atoms with Crippen LogP contribution in [-0.4, -0.2) is 25.6 Å². The highest BCUT2D eigenvalue weighted by Crippen LogP contribution is 2.30. The Morgan fingerprint density at radius 2 is 1.79 bits per heavy atom. The molecule has 1 aliphatic rings. The zero-order valence-electron chi connectivity index (χ0n) is 11.9. The lowest BCUT2D eigenvalue weighted by molar-refractivity contribution is 0.0205. The molecule has 0 radical (unpaired) electrons. The second kappa shape index (κ2) is 6.20. The van der Waals surface area contributed by atoms with Gasteiger partial charge in [0.1, 0.15) is 18.1 Å². The van der Waals surface area contributed by atoms with Gasteiger partial charge < -0.3 is 9.47 Å². The van der Waals surface area contributed by atoms with Crippen molar-refractivity contribution in [2.75, 3.05) is 7.11 Å². The smallest absolute Gasteiger partial charge is 0.150 e. The van der Waals surface area contributed by atoms with E-state index in [-0.39, 0.29) is 6.10 Å². The van der Waals surface area contributed by atoms with Crippen LogP contribution in [0.25, 0.3) is 0 Å². The second-order valence-corrected chi connectivity index (χ2v) is 5.37. The fraction of sp³-hybridized carbons (Fsp3) is 0.562. The minimum atomic E-state index is 0.221. The normalized spacial score (nSPS) is 23.1. The predicted octanol–water partition coefficient (Wildman–Crippen LogP) is 3.45. The zero-order chi connectivity index (χ0) is 13.8. The third-order valence-electron chi connectivity index (χ3n) is 3.81. The van der Waals surface area contributed by atoms with Crippen LogP contribution in [0.2, 0.25) is 0 Å². The zero-order valence-corrected chi connectivity index (χ0v) is 11.9. The largest absolute Gasteiger partial charge is 0.490 e. The lowest BCUT2D eigenvalue weighted by Crippen LogP contribution is -2.29. The van der Waals surface area contributed by atoms with Crippen LogP contribution < -0.4 is 4.74 Å². The number of hydrogen-bond acceptors (Lipinski definition) is 3. The number of carbonyl (C=O) groups is 1. The first-order valence-electron chi connectivity index (χ1n) is 6.90. The molecule has 1 aromatic rings. The summed E-state index contributed by atoms with van der Waals surface area (Å²) in [6.07, 6.45) is 5.71. The molecule has 1 fully saturated rings.